The molecular weight excluding hydrogens is 470 g/mol. The summed E-state index contributed by atoms with van der Waals surface area (Å²) in [5.41, 5.74) is 1.92. The van der Waals surface area contributed by atoms with Crippen LogP contribution in [0, 0.1) is 6.92 Å². The van der Waals surface area contributed by atoms with Gasteiger partial charge in [0.2, 0.25) is 5.91 Å². The summed E-state index contributed by atoms with van der Waals surface area (Å²) < 4.78 is 35.8. The van der Waals surface area contributed by atoms with Gasteiger partial charge in [-0.25, -0.2) is 4.98 Å². The molecule has 1 aromatic heterocycles. The van der Waals surface area contributed by atoms with E-state index < -0.39 is 23.1 Å². The first kappa shape index (κ1) is 22.5. The Labute approximate surface area is 206 Å². The van der Waals surface area contributed by atoms with E-state index in [0.29, 0.717) is 42.8 Å². The number of pyridine rings is 1. The number of hydrogen-bond acceptors (Lipinski definition) is 5. The number of carbonyl (C=O) groups excluding carboxylic acids is 1. The summed E-state index contributed by atoms with van der Waals surface area (Å²) in [6.45, 7) is 1.90. The smallest absolute Gasteiger partial charge is 0.481 e. The van der Waals surface area contributed by atoms with Gasteiger partial charge in [-0.2, -0.15) is 0 Å². The van der Waals surface area contributed by atoms with Crippen molar-refractivity contribution in [3.63, 3.8) is 0 Å². The van der Waals surface area contributed by atoms with E-state index in [9.17, 15) is 23.5 Å². The number of halogens is 2. The maximum absolute atomic E-state index is 13.4. The average Bonchev–Trinajstić information content (AvgIpc) is 3.75. The number of amides is 1. The van der Waals surface area contributed by atoms with Gasteiger partial charge in [0.25, 0.3) is 0 Å². The Balaban J connectivity index is 0.00000280. The molecule has 1 amide bonds. The molecule has 6 rings (SSSR count). The second-order valence-corrected chi connectivity index (χ2v) is 9.70. The highest BCUT2D eigenvalue weighted by Gasteiger charge is 2.53. The lowest BCUT2D eigenvalue weighted by Crippen LogP contribution is -2.28. The molecule has 9 heteroatoms. The minimum absolute atomic E-state index is 0. The van der Waals surface area contributed by atoms with Gasteiger partial charge < -0.3 is 19.9 Å². The van der Waals surface area contributed by atoms with Crippen molar-refractivity contribution in [1.29, 1.82) is 0 Å². The zero-order valence-electron chi connectivity index (χ0n) is 19.3. The number of aliphatic carboxylic acids is 1. The van der Waals surface area contributed by atoms with Crippen molar-refractivity contribution in [1.82, 2.24) is 4.98 Å². The third kappa shape index (κ3) is 3.57. The van der Waals surface area contributed by atoms with Crippen LogP contribution in [0.3, 0.4) is 0 Å². The van der Waals surface area contributed by atoms with Crippen molar-refractivity contribution in [3.8, 4) is 22.8 Å². The number of benzene rings is 2. The predicted octanol–water partition coefficient (Wildman–Crippen LogP) is 5.41. The molecule has 36 heavy (non-hydrogen) atoms. The van der Waals surface area contributed by atoms with Crippen LogP contribution >= 0.6 is 0 Å². The highest BCUT2D eigenvalue weighted by molar-refractivity contribution is 6.01. The number of carboxylic acids is 1. The van der Waals surface area contributed by atoms with Crippen LogP contribution in [0.1, 0.15) is 43.8 Å². The summed E-state index contributed by atoms with van der Waals surface area (Å²) >= 11 is 0. The zero-order valence-corrected chi connectivity index (χ0v) is 19.3. The van der Waals surface area contributed by atoms with Crippen LogP contribution in [0.25, 0.3) is 11.3 Å². The lowest BCUT2D eigenvalue weighted by molar-refractivity contribution is -0.286. The Kier molecular flexibility index (Phi) is 4.67. The van der Waals surface area contributed by atoms with Crippen LogP contribution in [0.4, 0.5) is 14.6 Å². The van der Waals surface area contributed by atoms with Gasteiger partial charge in [-0.05, 0) is 73.6 Å². The summed E-state index contributed by atoms with van der Waals surface area (Å²) in [6, 6.07) is 15.3. The van der Waals surface area contributed by atoms with Crippen LogP contribution in [0.5, 0.6) is 11.5 Å². The van der Waals surface area contributed by atoms with Gasteiger partial charge in [0.15, 0.2) is 11.5 Å². The number of aromatic nitrogens is 1. The SMILES string of the molecule is Cc1ccc(NC(=O)C2(c3ccc4c(c3)OC(F)(F)O4)CC2)nc1-c1cccc(C2(C(=O)O)CC2)c1.[HH]. The molecule has 2 aromatic carbocycles. The molecule has 186 valence electrons. The van der Waals surface area contributed by atoms with Crippen molar-refractivity contribution < 1.29 is 34.4 Å². The number of nitrogens with zero attached hydrogens (tertiary/aromatic N) is 1. The van der Waals surface area contributed by atoms with E-state index in [1.807, 2.05) is 37.3 Å². The summed E-state index contributed by atoms with van der Waals surface area (Å²) in [5, 5.41) is 12.5. The van der Waals surface area contributed by atoms with E-state index in [1.165, 1.54) is 12.1 Å². The van der Waals surface area contributed by atoms with E-state index >= 15 is 0 Å². The van der Waals surface area contributed by atoms with Gasteiger partial charge in [0.1, 0.15) is 5.82 Å². The van der Waals surface area contributed by atoms with E-state index in [0.717, 1.165) is 16.7 Å². The summed E-state index contributed by atoms with van der Waals surface area (Å²) in [7, 11) is 0. The summed E-state index contributed by atoms with van der Waals surface area (Å²) in [4.78, 5) is 29.7. The zero-order chi connectivity index (χ0) is 25.3. The monoisotopic (exact) mass is 494 g/mol. The first-order chi connectivity index (χ1) is 17.1. The summed E-state index contributed by atoms with van der Waals surface area (Å²) in [5.74, 6) is -0.923. The third-order valence-electron chi connectivity index (χ3n) is 7.33. The Morgan fingerprint density at radius 1 is 0.944 bits per heavy atom. The third-order valence-corrected chi connectivity index (χ3v) is 7.33. The lowest BCUT2D eigenvalue weighted by atomic mass is 9.93. The first-order valence-corrected chi connectivity index (χ1v) is 11.7. The van der Waals surface area contributed by atoms with Crippen molar-refractivity contribution >= 4 is 17.7 Å². The Hall–Kier alpha value is -4.01. The number of hydrogen-bond donors (Lipinski definition) is 2. The van der Waals surface area contributed by atoms with Gasteiger partial charge in [-0.15, -0.1) is 8.78 Å². The standard InChI is InChI=1S/C27H22F2N2O5.H2/c1-15-5-8-21(30-22(15)16-3-2-4-17(13-16)26(11-12-26)24(33)34)31-23(32)25(9-10-25)18-6-7-19-20(14-18)36-27(28,29)35-19;/h2-8,13-14H,9-12H2,1H3,(H,33,34)(H,30,31,32);1H. The Morgan fingerprint density at radius 2 is 1.64 bits per heavy atom. The van der Waals surface area contributed by atoms with Crippen molar-refractivity contribution in [2.75, 3.05) is 5.32 Å². The van der Waals surface area contributed by atoms with Gasteiger partial charge in [0, 0.05) is 6.99 Å². The number of carbonyl (C=O) groups is 2. The molecule has 3 aliphatic rings. The topological polar surface area (TPSA) is 97.8 Å². The van der Waals surface area contributed by atoms with Crippen molar-refractivity contribution in [3.05, 3.63) is 71.3 Å². The van der Waals surface area contributed by atoms with E-state index in [1.54, 1.807) is 12.1 Å². The van der Waals surface area contributed by atoms with Gasteiger partial charge in [0.05, 0.1) is 16.5 Å². The molecule has 2 fully saturated rings. The number of nitrogens with one attached hydrogen (secondary N) is 1. The Bertz CT molecular complexity index is 1440. The highest BCUT2D eigenvalue weighted by Crippen LogP contribution is 2.52. The lowest BCUT2D eigenvalue weighted by Gasteiger charge is -2.17. The minimum Gasteiger partial charge on any atom is -0.481 e. The highest BCUT2D eigenvalue weighted by atomic mass is 19.3. The van der Waals surface area contributed by atoms with Crippen molar-refractivity contribution in [2.24, 2.45) is 0 Å². The maximum Gasteiger partial charge on any atom is 0.586 e. The molecule has 0 spiro atoms. The largest absolute Gasteiger partial charge is 0.586 e. The summed E-state index contributed by atoms with van der Waals surface area (Å²) in [6.07, 6.45) is -1.38. The molecule has 2 heterocycles. The number of fused-ring (bicyclic) bond motifs is 1. The molecule has 3 aromatic rings. The van der Waals surface area contributed by atoms with Gasteiger partial charge in [-0.3, -0.25) is 9.59 Å². The Morgan fingerprint density at radius 3 is 2.33 bits per heavy atom. The molecule has 2 saturated carbocycles. The fourth-order valence-corrected chi connectivity index (χ4v) is 4.86. The van der Waals surface area contributed by atoms with Crippen LogP contribution in [-0.4, -0.2) is 28.3 Å². The minimum atomic E-state index is -3.72. The van der Waals surface area contributed by atoms with Crippen LogP contribution in [0.2, 0.25) is 0 Å². The van der Waals surface area contributed by atoms with E-state index in [4.69, 9.17) is 0 Å². The molecule has 7 nitrogen and oxygen atoms in total. The van der Waals surface area contributed by atoms with E-state index in [-0.39, 0.29) is 18.8 Å². The number of aryl methyl sites for hydroxylation is 1. The fraction of sp³-hybridized carbons (Fsp3) is 0.296. The predicted molar refractivity (Wildman–Crippen MR) is 127 cm³/mol. The second-order valence-electron chi connectivity index (χ2n) is 9.70. The van der Waals surface area contributed by atoms with Crippen LogP contribution in [-0.2, 0) is 20.4 Å². The fourth-order valence-electron chi connectivity index (χ4n) is 4.86. The number of rotatable bonds is 6. The molecule has 0 bridgehead atoms. The maximum atomic E-state index is 13.4. The number of carboxylic acid groups (broad SMARTS) is 1. The molecule has 0 unspecified atom stereocenters. The quantitative estimate of drug-likeness (QED) is 0.476. The van der Waals surface area contributed by atoms with Crippen LogP contribution in [0.15, 0.2) is 54.6 Å². The molecule has 1 aliphatic heterocycles. The van der Waals surface area contributed by atoms with Gasteiger partial charge >= 0.3 is 12.3 Å². The molecule has 0 saturated heterocycles. The first-order valence-electron chi connectivity index (χ1n) is 11.7. The van der Waals surface area contributed by atoms with Gasteiger partial charge in [-0.1, -0.05) is 30.3 Å². The molecule has 0 radical (unpaired) electrons. The van der Waals surface area contributed by atoms with E-state index in [2.05, 4.69) is 19.8 Å². The molecule has 2 N–H and O–H groups in total. The molecular formula is C27H24F2N2O5. The molecule has 0 atom stereocenters. The van der Waals surface area contributed by atoms with Crippen molar-refractivity contribution in [2.45, 2.75) is 49.7 Å². The number of alkyl halides is 2. The normalized spacial score (nSPS) is 19.4. The number of ether oxygens (including phenoxy) is 2. The average molecular weight is 494 g/mol. The second kappa shape index (κ2) is 7.49. The van der Waals surface area contributed by atoms with Crippen LogP contribution < -0.4 is 14.8 Å². The molecule has 2 aliphatic carbocycles. The number of anilines is 1.